The number of nitrogens with one attached hydrogen (secondary N) is 1. The average Bonchev–Trinajstić information content (AvgIpc) is 3.40. The highest BCUT2D eigenvalue weighted by atomic mass is 16.2. The van der Waals surface area contributed by atoms with Gasteiger partial charge in [-0.2, -0.15) is 0 Å². The van der Waals surface area contributed by atoms with E-state index in [1.54, 1.807) is 18.6 Å². The third-order valence-electron chi connectivity index (χ3n) is 5.15. The van der Waals surface area contributed by atoms with Gasteiger partial charge in [-0.15, -0.1) is 0 Å². The van der Waals surface area contributed by atoms with Crippen LogP contribution in [0.25, 0.3) is 5.95 Å². The van der Waals surface area contributed by atoms with Crippen molar-refractivity contribution in [2.24, 2.45) is 0 Å². The number of amides is 1. The van der Waals surface area contributed by atoms with Gasteiger partial charge in [0, 0.05) is 31.6 Å². The molecule has 0 radical (unpaired) electrons. The van der Waals surface area contributed by atoms with Gasteiger partial charge in [-0.3, -0.25) is 9.36 Å². The van der Waals surface area contributed by atoms with Crippen molar-refractivity contribution in [1.82, 2.24) is 29.1 Å². The highest BCUT2D eigenvalue weighted by Gasteiger charge is 2.19. The van der Waals surface area contributed by atoms with E-state index in [0.717, 1.165) is 29.2 Å². The second kappa shape index (κ2) is 9.13. The largest absolute Gasteiger partial charge is 0.322 e. The number of aryl methyl sites for hydroxylation is 2. The highest BCUT2D eigenvalue weighted by molar-refractivity contribution is 6.02. The van der Waals surface area contributed by atoms with Crippen LogP contribution >= 0.6 is 0 Å². The number of hydrogen-bond acceptors (Lipinski definition) is 5. The number of carbonyl (C=O) groups excluding carboxylic acids is 1. The van der Waals surface area contributed by atoms with Crippen LogP contribution in [0.2, 0.25) is 0 Å². The molecule has 0 aliphatic rings. The second-order valence-electron chi connectivity index (χ2n) is 7.96. The van der Waals surface area contributed by atoms with E-state index in [4.69, 9.17) is 4.98 Å². The van der Waals surface area contributed by atoms with Crippen LogP contribution in [-0.2, 0) is 13.0 Å². The molecule has 0 atom stereocenters. The van der Waals surface area contributed by atoms with Crippen LogP contribution in [0.5, 0.6) is 0 Å². The number of aromatic nitrogens is 6. The van der Waals surface area contributed by atoms with Gasteiger partial charge in [0.05, 0.1) is 23.3 Å². The number of hydrogen-bond donors (Lipinski definition) is 1. The quantitative estimate of drug-likeness (QED) is 0.476. The summed E-state index contributed by atoms with van der Waals surface area (Å²) in [5.74, 6) is 1.58. The Morgan fingerprint density at radius 2 is 1.91 bits per heavy atom. The molecule has 0 saturated heterocycles. The van der Waals surface area contributed by atoms with Crippen LogP contribution in [0.1, 0.15) is 60.1 Å². The van der Waals surface area contributed by atoms with Crippen LogP contribution in [0.4, 0.5) is 5.69 Å². The summed E-state index contributed by atoms with van der Waals surface area (Å²) in [5.41, 5.74) is 3.35. The summed E-state index contributed by atoms with van der Waals surface area (Å²) < 4.78 is 3.73. The Labute approximate surface area is 187 Å². The Morgan fingerprint density at radius 1 is 1.12 bits per heavy atom. The van der Waals surface area contributed by atoms with Gasteiger partial charge in [-0.05, 0) is 18.4 Å². The van der Waals surface area contributed by atoms with Gasteiger partial charge in [0.25, 0.3) is 5.91 Å². The molecule has 1 amide bonds. The summed E-state index contributed by atoms with van der Waals surface area (Å²) in [6, 6.07) is 9.97. The molecule has 0 bridgehead atoms. The van der Waals surface area contributed by atoms with Gasteiger partial charge >= 0.3 is 0 Å². The summed E-state index contributed by atoms with van der Waals surface area (Å²) in [7, 11) is 0. The van der Waals surface area contributed by atoms with E-state index in [1.165, 1.54) is 0 Å². The maximum Gasteiger partial charge on any atom is 0.291 e. The predicted molar refractivity (Wildman–Crippen MR) is 123 cm³/mol. The molecule has 0 fully saturated rings. The molecule has 1 aromatic carbocycles. The molecule has 0 aliphatic carbocycles. The average molecular weight is 430 g/mol. The standard InChI is InChI=1S/C24H27N7O/c1-5-20-27-17(4)14-31(20)24-26-13-19(21(29-24)16(2)3)28-23(32)22-25-11-12-30(22)15-18-9-7-6-8-10-18/h6-14,16H,5,15H2,1-4H3,(H,28,32). The lowest BCUT2D eigenvalue weighted by Crippen LogP contribution is -2.20. The van der Waals surface area contributed by atoms with Crippen LogP contribution in [0.3, 0.4) is 0 Å². The van der Waals surface area contributed by atoms with Crippen molar-refractivity contribution in [3.05, 3.63) is 83.7 Å². The Bertz CT molecular complexity index is 1220. The third-order valence-corrected chi connectivity index (χ3v) is 5.15. The first kappa shape index (κ1) is 21.4. The molecule has 164 valence electrons. The van der Waals surface area contributed by atoms with Gasteiger partial charge < -0.3 is 9.88 Å². The molecule has 4 rings (SSSR count). The van der Waals surface area contributed by atoms with Crippen molar-refractivity contribution in [3.8, 4) is 5.95 Å². The first-order chi connectivity index (χ1) is 15.5. The molecule has 3 aromatic heterocycles. The predicted octanol–water partition coefficient (Wildman–Crippen LogP) is 4.15. The Morgan fingerprint density at radius 3 is 2.62 bits per heavy atom. The lowest BCUT2D eigenvalue weighted by atomic mass is 10.1. The molecule has 0 saturated carbocycles. The summed E-state index contributed by atoms with van der Waals surface area (Å²) in [6.07, 6.45) is 7.80. The molecule has 0 spiro atoms. The minimum Gasteiger partial charge on any atom is -0.322 e. The molecule has 4 aromatic rings. The van der Waals surface area contributed by atoms with E-state index in [-0.39, 0.29) is 11.8 Å². The van der Waals surface area contributed by atoms with Crippen LogP contribution in [0, 0.1) is 6.92 Å². The third kappa shape index (κ3) is 4.44. The fourth-order valence-corrected chi connectivity index (χ4v) is 3.61. The van der Waals surface area contributed by atoms with E-state index < -0.39 is 0 Å². The maximum atomic E-state index is 13.1. The van der Waals surface area contributed by atoms with Crippen molar-refractivity contribution in [1.29, 1.82) is 0 Å². The molecule has 0 unspecified atom stereocenters. The minimum absolute atomic E-state index is 0.0887. The van der Waals surface area contributed by atoms with Gasteiger partial charge in [0.1, 0.15) is 5.82 Å². The zero-order valence-corrected chi connectivity index (χ0v) is 18.8. The van der Waals surface area contributed by atoms with Gasteiger partial charge in [-0.25, -0.2) is 19.9 Å². The molecular formula is C24H27N7O. The highest BCUT2D eigenvalue weighted by Crippen LogP contribution is 2.23. The van der Waals surface area contributed by atoms with Crippen LogP contribution in [0.15, 0.2) is 55.1 Å². The summed E-state index contributed by atoms with van der Waals surface area (Å²) in [5, 5.41) is 2.96. The van der Waals surface area contributed by atoms with Crippen LogP contribution < -0.4 is 5.32 Å². The van der Waals surface area contributed by atoms with E-state index in [2.05, 4.69) is 20.3 Å². The summed E-state index contributed by atoms with van der Waals surface area (Å²) in [6.45, 7) is 8.64. The summed E-state index contributed by atoms with van der Waals surface area (Å²) in [4.78, 5) is 31.1. The fraction of sp³-hybridized carbons (Fsp3) is 0.292. The monoisotopic (exact) mass is 429 g/mol. The van der Waals surface area contributed by atoms with Crippen molar-refractivity contribution in [2.45, 2.75) is 46.6 Å². The van der Waals surface area contributed by atoms with Gasteiger partial charge in [0.15, 0.2) is 5.82 Å². The normalized spacial score (nSPS) is 11.2. The summed E-state index contributed by atoms with van der Waals surface area (Å²) >= 11 is 0. The smallest absolute Gasteiger partial charge is 0.291 e. The van der Waals surface area contributed by atoms with E-state index in [1.807, 2.05) is 73.4 Å². The van der Waals surface area contributed by atoms with E-state index in [0.29, 0.717) is 24.0 Å². The lowest BCUT2D eigenvalue weighted by molar-refractivity contribution is 0.101. The minimum atomic E-state index is -0.295. The number of imidazole rings is 2. The van der Waals surface area contributed by atoms with Crippen molar-refractivity contribution < 1.29 is 4.79 Å². The van der Waals surface area contributed by atoms with Gasteiger partial charge in [0.2, 0.25) is 5.95 Å². The number of carbonyl (C=O) groups is 1. The Kier molecular flexibility index (Phi) is 6.11. The molecule has 0 aliphatic heterocycles. The fourth-order valence-electron chi connectivity index (χ4n) is 3.61. The zero-order valence-electron chi connectivity index (χ0n) is 18.8. The second-order valence-corrected chi connectivity index (χ2v) is 7.96. The van der Waals surface area contributed by atoms with Gasteiger partial charge in [-0.1, -0.05) is 51.1 Å². The maximum absolute atomic E-state index is 13.1. The number of nitrogens with zero attached hydrogens (tertiary/aromatic N) is 6. The first-order valence-corrected chi connectivity index (χ1v) is 10.7. The number of benzene rings is 1. The topological polar surface area (TPSA) is 90.5 Å². The number of anilines is 1. The SMILES string of the molecule is CCc1nc(C)cn1-c1ncc(NC(=O)c2nccn2Cc2ccccc2)c(C(C)C)n1. The first-order valence-electron chi connectivity index (χ1n) is 10.7. The molecule has 8 nitrogen and oxygen atoms in total. The van der Waals surface area contributed by atoms with E-state index >= 15 is 0 Å². The molecule has 32 heavy (non-hydrogen) atoms. The lowest BCUT2D eigenvalue weighted by Gasteiger charge is -2.15. The number of rotatable bonds is 7. The Balaban J connectivity index is 1.61. The molecule has 3 heterocycles. The molecular weight excluding hydrogens is 402 g/mol. The van der Waals surface area contributed by atoms with E-state index in [9.17, 15) is 4.79 Å². The van der Waals surface area contributed by atoms with Crippen LogP contribution in [-0.4, -0.2) is 35.0 Å². The van der Waals surface area contributed by atoms with Crippen molar-refractivity contribution in [3.63, 3.8) is 0 Å². The van der Waals surface area contributed by atoms with Crippen molar-refractivity contribution in [2.75, 3.05) is 5.32 Å². The Hall–Kier alpha value is -3.81. The molecule has 1 N–H and O–H groups in total. The van der Waals surface area contributed by atoms with Crippen molar-refractivity contribution >= 4 is 11.6 Å². The zero-order chi connectivity index (χ0) is 22.7. The molecule has 8 heteroatoms.